The van der Waals surface area contributed by atoms with Crippen LogP contribution in [0.3, 0.4) is 0 Å². The van der Waals surface area contributed by atoms with Gasteiger partial charge in [-0.2, -0.15) is 0 Å². The SMILES string of the molecule is COc1ccc2c(c1)[C@]1(C[C@H]1C1CCC3C(C1)NNC3c1ccc(N3CCN(C4CCCC4)CC3)cc1)C(=O)N2. The van der Waals surface area contributed by atoms with Crippen molar-refractivity contribution >= 4 is 17.3 Å². The van der Waals surface area contributed by atoms with Crippen LogP contribution in [0.4, 0.5) is 11.4 Å². The number of fused-ring (bicyclic) bond motifs is 3. The summed E-state index contributed by atoms with van der Waals surface area (Å²) in [5.74, 6) is 2.62. The summed E-state index contributed by atoms with van der Waals surface area (Å²) in [7, 11) is 1.70. The predicted molar refractivity (Wildman–Crippen MR) is 158 cm³/mol. The molecule has 2 saturated heterocycles. The van der Waals surface area contributed by atoms with Gasteiger partial charge in [-0.15, -0.1) is 0 Å². The molecule has 7 nitrogen and oxygen atoms in total. The fourth-order valence-electron chi connectivity index (χ4n) is 9.21. The minimum Gasteiger partial charge on any atom is -0.497 e. The molecule has 3 saturated carbocycles. The Morgan fingerprint density at radius 1 is 0.925 bits per heavy atom. The molecule has 3 aliphatic carbocycles. The van der Waals surface area contributed by atoms with Crippen molar-refractivity contribution in [2.45, 2.75) is 74.9 Å². The second-order valence-corrected chi connectivity index (χ2v) is 13.3. The number of methoxy groups -OCH3 is 1. The fourth-order valence-corrected chi connectivity index (χ4v) is 9.21. The van der Waals surface area contributed by atoms with Crippen molar-refractivity contribution in [1.82, 2.24) is 15.8 Å². The maximum atomic E-state index is 13.2. The van der Waals surface area contributed by atoms with Crippen molar-refractivity contribution in [2.75, 3.05) is 43.5 Å². The second kappa shape index (κ2) is 9.74. The standard InChI is InChI=1S/C33H43N5O2/c1-40-25-11-13-29-27(19-25)33(32(39)34-29)20-28(33)22-8-12-26-30(18-22)35-36-31(26)21-6-9-24(10-7-21)38-16-14-37(15-17-38)23-4-2-3-5-23/h6-7,9-11,13,19,22-23,26,28,30-31,35-36H,2-5,8,12,14-18,20H2,1H3,(H,34,39)/t22?,26?,28-,30?,31?,33-/m0/s1. The Morgan fingerprint density at radius 3 is 2.50 bits per heavy atom. The summed E-state index contributed by atoms with van der Waals surface area (Å²) in [6.07, 6.45) is 10.1. The van der Waals surface area contributed by atoms with E-state index in [-0.39, 0.29) is 11.3 Å². The first-order valence-corrected chi connectivity index (χ1v) is 15.7. The zero-order valence-corrected chi connectivity index (χ0v) is 23.7. The van der Waals surface area contributed by atoms with Gasteiger partial charge >= 0.3 is 0 Å². The molecule has 0 radical (unpaired) electrons. The third-order valence-corrected chi connectivity index (χ3v) is 11.5. The van der Waals surface area contributed by atoms with E-state index in [1.165, 1.54) is 62.9 Å². The Kier molecular flexibility index (Phi) is 6.12. The molecule has 1 spiro atoms. The Hall–Kier alpha value is -2.61. The molecule has 2 aromatic rings. The smallest absolute Gasteiger partial charge is 0.235 e. The molecule has 40 heavy (non-hydrogen) atoms. The monoisotopic (exact) mass is 541 g/mol. The number of anilines is 2. The average molecular weight is 542 g/mol. The summed E-state index contributed by atoms with van der Waals surface area (Å²) in [5.41, 5.74) is 11.9. The second-order valence-electron chi connectivity index (χ2n) is 13.3. The zero-order valence-electron chi connectivity index (χ0n) is 23.7. The van der Waals surface area contributed by atoms with Gasteiger partial charge in [-0.25, -0.2) is 5.43 Å². The van der Waals surface area contributed by atoms with Gasteiger partial charge in [0.1, 0.15) is 5.75 Å². The van der Waals surface area contributed by atoms with Crippen molar-refractivity contribution in [3.05, 3.63) is 53.6 Å². The van der Waals surface area contributed by atoms with Gasteiger partial charge in [0, 0.05) is 49.6 Å². The molecule has 8 rings (SSSR count). The van der Waals surface area contributed by atoms with E-state index < -0.39 is 0 Å². The average Bonchev–Trinajstić information content (AvgIpc) is 3.28. The van der Waals surface area contributed by atoms with E-state index in [0.717, 1.165) is 49.0 Å². The van der Waals surface area contributed by atoms with Crippen LogP contribution in [-0.4, -0.2) is 56.2 Å². The Bertz CT molecular complexity index is 1270. The van der Waals surface area contributed by atoms with E-state index in [2.05, 4.69) is 56.3 Å². The lowest BCUT2D eigenvalue weighted by Gasteiger charge is -2.39. The highest BCUT2D eigenvalue weighted by Crippen LogP contribution is 2.65. The molecule has 2 aromatic carbocycles. The largest absolute Gasteiger partial charge is 0.497 e. The third kappa shape index (κ3) is 3.99. The summed E-state index contributed by atoms with van der Waals surface area (Å²) in [4.78, 5) is 18.5. The van der Waals surface area contributed by atoms with Crippen LogP contribution in [0.15, 0.2) is 42.5 Å². The number of amides is 1. The number of nitrogens with zero attached hydrogens (tertiary/aromatic N) is 2. The maximum Gasteiger partial charge on any atom is 0.235 e. The number of piperazine rings is 1. The molecular formula is C33H43N5O2. The van der Waals surface area contributed by atoms with E-state index in [1.807, 2.05) is 12.1 Å². The molecular weight excluding hydrogens is 498 g/mol. The van der Waals surface area contributed by atoms with E-state index >= 15 is 0 Å². The van der Waals surface area contributed by atoms with E-state index in [4.69, 9.17) is 4.74 Å². The van der Waals surface area contributed by atoms with Gasteiger partial charge in [0.25, 0.3) is 0 Å². The van der Waals surface area contributed by atoms with Crippen LogP contribution in [0.25, 0.3) is 0 Å². The quantitative estimate of drug-likeness (QED) is 0.514. The Morgan fingerprint density at radius 2 is 1.73 bits per heavy atom. The van der Waals surface area contributed by atoms with E-state index in [1.54, 1.807) is 7.11 Å². The lowest BCUT2D eigenvalue weighted by atomic mass is 9.72. The van der Waals surface area contributed by atoms with Crippen molar-refractivity contribution in [3.8, 4) is 5.75 Å². The number of carbonyl (C=O) groups is 1. The maximum absolute atomic E-state index is 13.2. The molecule has 3 N–H and O–H groups in total. The van der Waals surface area contributed by atoms with Gasteiger partial charge in [-0.1, -0.05) is 25.0 Å². The van der Waals surface area contributed by atoms with Crippen LogP contribution in [0.2, 0.25) is 0 Å². The summed E-state index contributed by atoms with van der Waals surface area (Å²) < 4.78 is 5.49. The van der Waals surface area contributed by atoms with Crippen LogP contribution in [0.5, 0.6) is 5.75 Å². The van der Waals surface area contributed by atoms with E-state index in [9.17, 15) is 4.79 Å². The predicted octanol–water partition coefficient (Wildman–Crippen LogP) is 4.60. The first-order chi connectivity index (χ1) is 19.6. The molecule has 0 bridgehead atoms. The minimum absolute atomic E-state index is 0.193. The van der Waals surface area contributed by atoms with Gasteiger partial charge in [-0.05, 0) is 97.7 Å². The number of carbonyl (C=O) groups excluding carboxylic acids is 1. The zero-order chi connectivity index (χ0) is 26.8. The number of hydrogen-bond acceptors (Lipinski definition) is 6. The number of benzene rings is 2. The van der Waals surface area contributed by atoms with Crippen molar-refractivity contribution < 1.29 is 9.53 Å². The van der Waals surface area contributed by atoms with Crippen LogP contribution in [-0.2, 0) is 10.2 Å². The lowest BCUT2D eigenvalue weighted by molar-refractivity contribution is -0.118. The molecule has 212 valence electrons. The third-order valence-electron chi connectivity index (χ3n) is 11.5. The van der Waals surface area contributed by atoms with Gasteiger partial charge in [0.05, 0.1) is 18.6 Å². The number of rotatable bonds is 5. The topological polar surface area (TPSA) is 68.9 Å². The molecule has 3 aliphatic heterocycles. The molecule has 0 aromatic heterocycles. The van der Waals surface area contributed by atoms with Crippen LogP contribution < -0.4 is 25.8 Å². The summed E-state index contributed by atoms with van der Waals surface area (Å²) in [6, 6.07) is 17.1. The summed E-state index contributed by atoms with van der Waals surface area (Å²) in [5, 5.41) is 3.16. The van der Waals surface area contributed by atoms with Crippen molar-refractivity contribution in [3.63, 3.8) is 0 Å². The van der Waals surface area contributed by atoms with Crippen LogP contribution in [0, 0.1) is 17.8 Å². The molecule has 6 atom stereocenters. The van der Waals surface area contributed by atoms with Crippen molar-refractivity contribution in [1.29, 1.82) is 0 Å². The number of nitrogens with one attached hydrogen (secondary N) is 3. The highest BCUT2D eigenvalue weighted by Gasteiger charge is 2.67. The lowest BCUT2D eigenvalue weighted by Crippen LogP contribution is -2.49. The van der Waals surface area contributed by atoms with Gasteiger partial charge < -0.3 is 15.0 Å². The Balaban J connectivity index is 0.900. The molecule has 5 fully saturated rings. The number of ether oxygens (including phenoxy) is 1. The first-order valence-electron chi connectivity index (χ1n) is 15.7. The highest BCUT2D eigenvalue weighted by atomic mass is 16.5. The fraction of sp³-hybridized carbons (Fsp3) is 0.606. The first kappa shape index (κ1) is 25.1. The van der Waals surface area contributed by atoms with Crippen LogP contribution in [0.1, 0.15) is 68.5 Å². The molecule has 3 heterocycles. The number of hydrogen-bond donors (Lipinski definition) is 3. The van der Waals surface area contributed by atoms with Gasteiger partial charge in [0.15, 0.2) is 0 Å². The number of hydrazine groups is 1. The molecule has 6 aliphatic rings. The summed E-state index contributed by atoms with van der Waals surface area (Å²) >= 11 is 0. The molecule has 1 amide bonds. The summed E-state index contributed by atoms with van der Waals surface area (Å²) in [6.45, 7) is 4.69. The van der Waals surface area contributed by atoms with Gasteiger partial charge in [0.2, 0.25) is 5.91 Å². The van der Waals surface area contributed by atoms with E-state index in [0.29, 0.717) is 29.8 Å². The molecule has 7 heteroatoms. The van der Waals surface area contributed by atoms with Crippen LogP contribution >= 0.6 is 0 Å². The molecule has 4 unspecified atom stereocenters. The highest BCUT2D eigenvalue weighted by molar-refractivity contribution is 6.09. The van der Waals surface area contributed by atoms with Gasteiger partial charge in [-0.3, -0.25) is 15.1 Å². The normalized spacial score (nSPS) is 35.6. The Labute approximate surface area is 238 Å². The minimum atomic E-state index is -0.342. The van der Waals surface area contributed by atoms with Crippen molar-refractivity contribution in [2.24, 2.45) is 17.8 Å².